The molecule has 3 rings (SSSR count). The van der Waals surface area contributed by atoms with Crippen molar-refractivity contribution in [1.29, 1.82) is 0 Å². The highest BCUT2D eigenvalue weighted by atomic mass is 19.1. The van der Waals surface area contributed by atoms with Gasteiger partial charge in [0.2, 0.25) is 0 Å². The average molecular weight is 338 g/mol. The number of fused-ring (bicyclic) bond motifs is 1. The van der Waals surface area contributed by atoms with E-state index in [4.69, 9.17) is 0 Å². The second kappa shape index (κ2) is 6.64. The molecule has 3 aromatic rings. The maximum Gasteiger partial charge on any atom is 0.275 e. The molecule has 0 aliphatic rings. The molecule has 126 valence electrons. The summed E-state index contributed by atoms with van der Waals surface area (Å²) >= 11 is 0. The monoisotopic (exact) mass is 338 g/mol. The van der Waals surface area contributed by atoms with Crippen LogP contribution in [-0.4, -0.2) is 40.8 Å². The molecule has 2 amide bonds. The molecule has 0 saturated carbocycles. The number of hydrogen-bond acceptors (Lipinski definition) is 4. The molecular formula is C18H15FN4O2. The number of anilines is 1. The van der Waals surface area contributed by atoms with E-state index in [0.717, 1.165) is 6.07 Å². The van der Waals surface area contributed by atoms with E-state index in [2.05, 4.69) is 15.3 Å². The third-order valence-electron chi connectivity index (χ3n) is 3.55. The van der Waals surface area contributed by atoms with Gasteiger partial charge in [0.05, 0.1) is 22.9 Å². The fraction of sp³-hybridized carbons (Fsp3) is 0.111. The van der Waals surface area contributed by atoms with Gasteiger partial charge in [-0.3, -0.25) is 14.6 Å². The van der Waals surface area contributed by atoms with Crippen LogP contribution in [0.25, 0.3) is 11.0 Å². The highest BCUT2D eigenvalue weighted by Gasteiger charge is 2.15. The minimum Gasteiger partial charge on any atom is -0.345 e. The van der Waals surface area contributed by atoms with Crippen LogP contribution in [0.15, 0.2) is 48.7 Å². The maximum atomic E-state index is 14.0. The molecule has 25 heavy (non-hydrogen) atoms. The first-order valence-electron chi connectivity index (χ1n) is 7.50. The van der Waals surface area contributed by atoms with Crippen LogP contribution >= 0.6 is 0 Å². The Labute approximate surface area is 143 Å². The van der Waals surface area contributed by atoms with Crippen LogP contribution in [0.4, 0.5) is 10.1 Å². The third-order valence-corrected chi connectivity index (χ3v) is 3.55. The number of amides is 2. The van der Waals surface area contributed by atoms with E-state index in [-0.39, 0.29) is 22.9 Å². The summed E-state index contributed by atoms with van der Waals surface area (Å²) in [7, 11) is 3.18. The van der Waals surface area contributed by atoms with Crippen molar-refractivity contribution in [3.05, 3.63) is 65.7 Å². The number of carbonyl (C=O) groups is 2. The Balaban J connectivity index is 1.89. The Hall–Kier alpha value is -3.35. The van der Waals surface area contributed by atoms with Gasteiger partial charge in [-0.25, -0.2) is 9.37 Å². The lowest BCUT2D eigenvalue weighted by molar-refractivity contribution is 0.0827. The third kappa shape index (κ3) is 3.45. The Morgan fingerprint density at radius 1 is 1.08 bits per heavy atom. The first-order chi connectivity index (χ1) is 12.0. The topological polar surface area (TPSA) is 75.2 Å². The molecule has 2 aromatic carbocycles. The van der Waals surface area contributed by atoms with E-state index in [0.29, 0.717) is 11.0 Å². The number of halogens is 1. The van der Waals surface area contributed by atoms with Crippen molar-refractivity contribution >= 4 is 28.5 Å². The minimum atomic E-state index is -0.641. The van der Waals surface area contributed by atoms with Crippen LogP contribution in [0, 0.1) is 5.82 Å². The Bertz CT molecular complexity index is 972. The number of hydrogen-bond donors (Lipinski definition) is 1. The summed E-state index contributed by atoms with van der Waals surface area (Å²) in [6.07, 6.45) is 1.32. The summed E-state index contributed by atoms with van der Waals surface area (Å²) in [5.74, 6) is -1.54. The van der Waals surface area contributed by atoms with Gasteiger partial charge in [0.15, 0.2) is 0 Å². The molecule has 1 N–H and O–H groups in total. The first kappa shape index (κ1) is 16.5. The molecule has 0 aliphatic carbocycles. The number of para-hydroxylation sites is 2. The van der Waals surface area contributed by atoms with Crippen LogP contribution < -0.4 is 5.32 Å². The molecule has 0 radical (unpaired) electrons. The van der Waals surface area contributed by atoms with E-state index in [9.17, 15) is 14.0 Å². The fourth-order valence-corrected chi connectivity index (χ4v) is 2.27. The van der Waals surface area contributed by atoms with Crippen molar-refractivity contribution in [3.8, 4) is 0 Å². The van der Waals surface area contributed by atoms with Crippen molar-refractivity contribution in [3.63, 3.8) is 0 Å². The molecule has 6 nitrogen and oxygen atoms in total. The van der Waals surface area contributed by atoms with Gasteiger partial charge in [-0.05, 0) is 30.3 Å². The molecule has 0 saturated heterocycles. The van der Waals surface area contributed by atoms with Crippen molar-refractivity contribution in [2.24, 2.45) is 0 Å². The van der Waals surface area contributed by atoms with E-state index in [1.165, 1.54) is 23.2 Å². The predicted molar refractivity (Wildman–Crippen MR) is 91.9 cm³/mol. The van der Waals surface area contributed by atoms with Gasteiger partial charge in [0, 0.05) is 19.7 Å². The molecule has 7 heteroatoms. The zero-order valence-corrected chi connectivity index (χ0v) is 13.7. The molecule has 0 fully saturated rings. The minimum absolute atomic E-state index is 0.0578. The molecule has 0 unspecified atom stereocenters. The van der Waals surface area contributed by atoms with Crippen molar-refractivity contribution in [2.75, 3.05) is 19.4 Å². The smallest absolute Gasteiger partial charge is 0.275 e. The number of aromatic nitrogens is 2. The fourth-order valence-electron chi connectivity index (χ4n) is 2.27. The zero-order valence-electron chi connectivity index (χ0n) is 13.7. The molecular weight excluding hydrogens is 323 g/mol. The summed E-state index contributed by atoms with van der Waals surface area (Å²) in [4.78, 5) is 34.1. The summed E-state index contributed by atoms with van der Waals surface area (Å²) in [6, 6.07) is 10.9. The van der Waals surface area contributed by atoms with Crippen molar-refractivity contribution < 1.29 is 14.0 Å². The summed E-state index contributed by atoms with van der Waals surface area (Å²) < 4.78 is 14.0. The summed E-state index contributed by atoms with van der Waals surface area (Å²) in [5.41, 5.74) is 1.46. The zero-order chi connectivity index (χ0) is 18.0. The Kier molecular flexibility index (Phi) is 4.38. The standard InChI is InChI=1S/C18H15FN4O2/c1-23(2)18(25)11-7-8-12(19)15(9-11)22-17(24)16-10-20-13-5-3-4-6-14(13)21-16/h3-10H,1-2H3,(H,22,24). The van der Waals surface area contributed by atoms with E-state index in [1.54, 1.807) is 32.3 Å². The highest BCUT2D eigenvalue weighted by molar-refractivity contribution is 6.04. The normalized spacial score (nSPS) is 10.5. The Morgan fingerprint density at radius 2 is 1.80 bits per heavy atom. The lowest BCUT2D eigenvalue weighted by Gasteiger charge is -2.12. The molecule has 1 aromatic heterocycles. The number of benzene rings is 2. The molecule has 0 bridgehead atoms. The molecule has 0 aliphatic heterocycles. The van der Waals surface area contributed by atoms with Crippen LogP contribution in [-0.2, 0) is 0 Å². The number of nitrogens with one attached hydrogen (secondary N) is 1. The van der Waals surface area contributed by atoms with Crippen molar-refractivity contribution in [1.82, 2.24) is 14.9 Å². The molecule has 0 atom stereocenters. The first-order valence-corrected chi connectivity index (χ1v) is 7.50. The lowest BCUT2D eigenvalue weighted by atomic mass is 10.1. The highest BCUT2D eigenvalue weighted by Crippen LogP contribution is 2.18. The quantitative estimate of drug-likeness (QED) is 0.797. The van der Waals surface area contributed by atoms with Crippen molar-refractivity contribution in [2.45, 2.75) is 0 Å². The summed E-state index contributed by atoms with van der Waals surface area (Å²) in [5, 5.41) is 2.44. The van der Waals surface area contributed by atoms with Gasteiger partial charge in [-0.2, -0.15) is 0 Å². The number of carbonyl (C=O) groups excluding carboxylic acids is 2. The average Bonchev–Trinajstić information content (AvgIpc) is 2.62. The van der Waals surface area contributed by atoms with Crippen LogP contribution in [0.2, 0.25) is 0 Å². The van der Waals surface area contributed by atoms with Crippen LogP contribution in [0.3, 0.4) is 0 Å². The SMILES string of the molecule is CN(C)C(=O)c1ccc(F)c(NC(=O)c2cnc3ccccc3n2)c1. The van der Waals surface area contributed by atoms with Gasteiger partial charge in [-0.1, -0.05) is 12.1 Å². The Morgan fingerprint density at radius 3 is 2.52 bits per heavy atom. The molecule has 1 heterocycles. The largest absolute Gasteiger partial charge is 0.345 e. The number of rotatable bonds is 3. The second-order valence-corrected chi connectivity index (χ2v) is 5.59. The van der Waals surface area contributed by atoms with Gasteiger partial charge >= 0.3 is 0 Å². The lowest BCUT2D eigenvalue weighted by Crippen LogP contribution is -2.22. The maximum absolute atomic E-state index is 14.0. The second-order valence-electron chi connectivity index (χ2n) is 5.59. The van der Waals surface area contributed by atoms with Crippen LogP contribution in [0.1, 0.15) is 20.8 Å². The van der Waals surface area contributed by atoms with E-state index in [1.807, 2.05) is 6.07 Å². The van der Waals surface area contributed by atoms with Gasteiger partial charge in [0.1, 0.15) is 11.5 Å². The van der Waals surface area contributed by atoms with E-state index >= 15 is 0 Å². The van der Waals surface area contributed by atoms with E-state index < -0.39 is 11.7 Å². The summed E-state index contributed by atoms with van der Waals surface area (Å²) in [6.45, 7) is 0. The molecule has 0 spiro atoms. The van der Waals surface area contributed by atoms with Crippen LogP contribution in [0.5, 0.6) is 0 Å². The van der Waals surface area contributed by atoms with Gasteiger partial charge in [-0.15, -0.1) is 0 Å². The van der Waals surface area contributed by atoms with Gasteiger partial charge < -0.3 is 10.2 Å². The number of nitrogens with zero attached hydrogens (tertiary/aromatic N) is 3. The predicted octanol–water partition coefficient (Wildman–Crippen LogP) is 2.72. The van der Waals surface area contributed by atoms with Gasteiger partial charge in [0.25, 0.3) is 11.8 Å².